The van der Waals surface area contributed by atoms with Gasteiger partial charge in [-0.05, 0) is 50.2 Å². The molecule has 6 heteroatoms. The number of esters is 1. The summed E-state index contributed by atoms with van der Waals surface area (Å²) < 4.78 is 7.01. The minimum absolute atomic E-state index is 0.0365. The van der Waals surface area contributed by atoms with Gasteiger partial charge < -0.3 is 4.74 Å². The first kappa shape index (κ1) is 19.8. The van der Waals surface area contributed by atoms with E-state index in [-0.39, 0.29) is 24.2 Å². The first-order valence-corrected chi connectivity index (χ1v) is 11.0. The van der Waals surface area contributed by atoms with Gasteiger partial charge in [0.1, 0.15) is 17.5 Å². The molecule has 0 saturated heterocycles. The molecule has 2 aromatic heterocycles. The lowest BCUT2D eigenvalue weighted by Gasteiger charge is -2.26. The summed E-state index contributed by atoms with van der Waals surface area (Å²) in [6, 6.07) is 6.20. The summed E-state index contributed by atoms with van der Waals surface area (Å²) in [6.07, 6.45) is 5.50. The molecule has 0 radical (unpaired) electrons. The van der Waals surface area contributed by atoms with Gasteiger partial charge in [0.15, 0.2) is 0 Å². The van der Waals surface area contributed by atoms with Gasteiger partial charge in [-0.3, -0.25) is 14.2 Å². The largest absolute Gasteiger partial charge is 0.461 e. The third kappa shape index (κ3) is 4.13. The van der Waals surface area contributed by atoms with Gasteiger partial charge in [-0.25, -0.2) is 4.98 Å². The molecular formula is C23H26N2O3S. The lowest BCUT2D eigenvalue weighted by molar-refractivity contribution is -0.152. The fraction of sp³-hybridized carbons (Fsp3) is 0.435. The van der Waals surface area contributed by atoms with Crippen molar-refractivity contribution < 1.29 is 9.53 Å². The van der Waals surface area contributed by atoms with Crippen LogP contribution in [0.2, 0.25) is 0 Å². The van der Waals surface area contributed by atoms with Crippen molar-refractivity contribution in [1.82, 2.24) is 9.55 Å². The highest BCUT2D eigenvalue weighted by Crippen LogP contribution is 2.33. The number of aromatic nitrogens is 2. The zero-order chi connectivity index (χ0) is 20.5. The second kappa shape index (κ2) is 8.11. The average molecular weight is 411 g/mol. The molecule has 2 heterocycles. The lowest BCUT2D eigenvalue weighted by Crippen LogP contribution is -2.30. The van der Waals surface area contributed by atoms with E-state index >= 15 is 0 Å². The minimum Gasteiger partial charge on any atom is -0.461 e. The number of fused-ring (bicyclic) bond motifs is 1. The number of nitrogens with zero attached hydrogens (tertiary/aromatic N) is 2. The van der Waals surface area contributed by atoms with Crippen molar-refractivity contribution in [2.45, 2.75) is 59.1 Å². The van der Waals surface area contributed by atoms with Crippen LogP contribution in [0.25, 0.3) is 21.3 Å². The van der Waals surface area contributed by atoms with Crippen LogP contribution in [0.4, 0.5) is 0 Å². The van der Waals surface area contributed by atoms with E-state index in [0.717, 1.165) is 36.0 Å². The summed E-state index contributed by atoms with van der Waals surface area (Å²) in [5, 5.41) is 2.55. The van der Waals surface area contributed by atoms with Gasteiger partial charge in [0.2, 0.25) is 0 Å². The van der Waals surface area contributed by atoms with Gasteiger partial charge in [-0.15, -0.1) is 11.3 Å². The molecule has 0 spiro atoms. The predicted molar refractivity (Wildman–Crippen MR) is 116 cm³/mol. The van der Waals surface area contributed by atoms with Gasteiger partial charge in [-0.2, -0.15) is 0 Å². The SMILES string of the molecule is Cc1ccc(-c2csc3ncn(CC(=O)OC4CCCC(C)C4)c(=O)c23)c(C)c1. The highest BCUT2D eigenvalue weighted by Gasteiger charge is 2.23. The molecule has 4 rings (SSSR count). The van der Waals surface area contributed by atoms with Crippen molar-refractivity contribution in [3.05, 3.63) is 51.4 Å². The van der Waals surface area contributed by atoms with Crippen LogP contribution in [0.3, 0.4) is 0 Å². The summed E-state index contributed by atoms with van der Waals surface area (Å²) in [4.78, 5) is 30.7. The van der Waals surface area contributed by atoms with Gasteiger partial charge >= 0.3 is 5.97 Å². The Labute approximate surface area is 174 Å². The highest BCUT2D eigenvalue weighted by molar-refractivity contribution is 7.17. The van der Waals surface area contributed by atoms with Crippen LogP contribution < -0.4 is 5.56 Å². The van der Waals surface area contributed by atoms with Crippen LogP contribution in [0.5, 0.6) is 0 Å². The topological polar surface area (TPSA) is 61.2 Å². The minimum atomic E-state index is -0.365. The van der Waals surface area contributed by atoms with Gasteiger partial charge in [-0.1, -0.05) is 37.1 Å². The van der Waals surface area contributed by atoms with Crippen LogP contribution in [0.1, 0.15) is 43.7 Å². The normalized spacial score (nSPS) is 19.4. The van der Waals surface area contributed by atoms with Crippen molar-refractivity contribution in [2.24, 2.45) is 5.92 Å². The van der Waals surface area contributed by atoms with E-state index in [4.69, 9.17) is 4.74 Å². The number of ether oxygens (including phenoxy) is 1. The Morgan fingerprint density at radius 3 is 2.86 bits per heavy atom. The fourth-order valence-electron chi connectivity index (χ4n) is 4.24. The maximum Gasteiger partial charge on any atom is 0.326 e. The highest BCUT2D eigenvalue weighted by atomic mass is 32.1. The Morgan fingerprint density at radius 1 is 1.28 bits per heavy atom. The number of rotatable bonds is 4. The number of carbonyl (C=O) groups excluding carboxylic acids is 1. The van der Waals surface area contributed by atoms with E-state index in [1.165, 1.54) is 34.2 Å². The first-order valence-electron chi connectivity index (χ1n) is 10.2. The monoisotopic (exact) mass is 410 g/mol. The molecule has 3 aromatic rings. The van der Waals surface area contributed by atoms with Gasteiger partial charge in [0.05, 0.1) is 11.7 Å². The molecule has 5 nitrogen and oxygen atoms in total. The standard InChI is InChI=1S/C23H26N2O3S/c1-14-5-4-6-17(10-14)28-20(26)11-25-13-24-22-21(23(25)27)19(12-29-22)18-8-7-15(2)9-16(18)3/h7-9,12-14,17H,4-6,10-11H2,1-3H3. The van der Waals surface area contributed by atoms with Crippen LogP contribution in [-0.4, -0.2) is 21.6 Å². The molecule has 1 aliphatic carbocycles. The van der Waals surface area contributed by atoms with E-state index in [0.29, 0.717) is 16.1 Å². The van der Waals surface area contributed by atoms with Crippen molar-refractivity contribution in [3.63, 3.8) is 0 Å². The molecule has 152 valence electrons. The maximum absolute atomic E-state index is 13.2. The van der Waals surface area contributed by atoms with Crippen LogP contribution in [-0.2, 0) is 16.1 Å². The predicted octanol–water partition coefficient (Wildman–Crippen LogP) is 4.86. The second-order valence-corrected chi connectivity index (χ2v) is 9.07. The smallest absolute Gasteiger partial charge is 0.326 e. The van der Waals surface area contributed by atoms with Crippen molar-refractivity contribution >= 4 is 27.5 Å². The lowest BCUT2D eigenvalue weighted by atomic mass is 9.89. The molecule has 0 bridgehead atoms. The Kier molecular flexibility index (Phi) is 5.54. The van der Waals surface area contributed by atoms with Crippen molar-refractivity contribution in [1.29, 1.82) is 0 Å². The average Bonchev–Trinajstić information content (AvgIpc) is 3.08. The summed E-state index contributed by atoms with van der Waals surface area (Å²) in [6.45, 7) is 6.18. The number of hydrogen-bond acceptors (Lipinski definition) is 5. The number of aryl methyl sites for hydroxylation is 2. The second-order valence-electron chi connectivity index (χ2n) is 8.21. The third-order valence-electron chi connectivity index (χ3n) is 5.72. The van der Waals surface area contributed by atoms with Crippen LogP contribution in [0, 0.1) is 19.8 Å². The number of carbonyl (C=O) groups is 1. The first-order chi connectivity index (χ1) is 13.9. The van der Waals surface area contributed by atoms with Gasteiger partial charge in [0, 0.05) is 10.9 Å². The van der Waals surface area contributed by atoms with E-state index in [2.05, 4.69) is 24.9 Å². The molecule has 2 atom stereocenters. The van der Waals surface area contributed by atoms with E-state index < -0.39 is 0 Å². The Balaban J connectivity index is 1.62. The molecule has 1 aliphatic rings. The quantitative estimate of drug-likeness (QED) is 0.576. The summed E-state index contributed by atoms with van der Waals surface area (Å²) in [5.74, 6) is 0.212. The molecule has 1 saturated carbocycles. The van der Waals surface area contributed by atoms with Crippen LogP contribution >= 0.6 is 11.3 Å². The number of thiophene rings is 1. The third-order valence-corrected chi connectivity index (χ3v) is 6.60. The fourth-order valence-corrected chi connectivity index (χ4v) is 5.14. The van der Waals surface area contributed by atoms with E-state index in [1.54, 1.807) is 0 Å². The van der Waals surface area contributed by atoms with E-state index in [9.17, 15) is 9.59 Å². The van der Waals surface area contributed by atoms with Gasteiger partial charge in [0.25, 0.3) is 5.56 Å². The van der Waals surface area contributed by atoms with E-state index in [1.807, 2.05) is 24.4 Å². The molecule has 2 unspecified atom stereocenters. The molecule has 0 amide bonds. The maximum atomic E-state index is 13.2. The molecule has 0 aliphatic heterocycles. The number of hydrogen-bond donors (Lipinski definition) is 0. The zero-order valence-corrected chi connectivity index (χ0v) is 17.9. The Morgan fingerprint density at radius 2 is 2.10 bits per heavy atom. The van der Waals surface area contributed by atoms with Crippen molar-refractivity contribution in [2.75, 3.05) is 0 Å². The summed E-state index contributed by atoms with van der Waals surface area (Å²) in [7, 11) is 0. The molecule has 0 N–H and O–H groups in total. The molecular weight excluding hydrogens is 384 g/mol. The molecule has 29 heavy (non-hydrogen) atoms. The number of benzene rings is 1. The Hall–Kier alpha value is -2.47. The van der Waals surface area contributed by atoms with Crippen molar-refractivity contribution in [3.8, 4) is 11.1 Å². The summed E-state index contributed by atoms with van der Waals surface area (Å²) >= 11 is 1.45. The summed E-state index contributed by atoms with van der Waals surface area (Å²) in [5.41, 5.74) is 4.01. The molecule has 1 fully saturated rings. The Bertz CT molecular complexity index is 1110. The molecule has 1 aromatic carbocycles. The zero-order valence-electron chi connectivity index (χ0n) is 17.1. The van der Waals surface area contributed by atoms with Crippen LogP contribution in [0.15, 0.2) is 34.7 Å².